The first kappa shape index (κ1) is 11.9. The number of rotatable bonds is 2. The fourth-order valence-corrected chi connectivity index (χ4v) is 2.15. The van der Waals surface area contributed by atoms with Crippen molar-refractivity contribution in [3.8, 4) is 0 Å². The molecular formula is C13H18N2O2. The number of amides is 1. The van der Waals surface area contributed by atoms with Crippen molar-refractivity contribution in [2.24, 2.45) is 5.92 Å². The number of hydrogen-bond acceptors (Lipinski definition) is 3. The van der Waals surface area contributed by atoms with Crippen LogP contribution in [0.3, 0.4) is 0 Å². The third kappa shape index (κ3) is 2.42. The quantitative estimate of drug-likeness (QED) is 0.769. The number of nitrogens with two attached hydrogens (primary N) is 1. The van der Waals surface area contributed by atoms with Crippen LogP contribution in [0.25, 0.3) is 0 Å². The van der Waals surface area contributed by atoms with Crippen molar-refractivity contribution in [2.75, 3.05) is 17.7 Å². The topological polar surface area (TPSA) is 64.3 Å². The SMILES string of the molecule is Cc1cccc(N)c1NC(=O)C1CCOC1C. The van der Waals surface area contributed by atoms with Gasteiger partial charge in [-0.3, -0.25) is 4.79 Å². The molecule has 2 rings (SSSR count). The first-order valence-electron chi connectivity index (χ1n) is 5.87. The number of benzene rings is 1. The Labute approximate surface area is 101 Å². The van der Waals surface area contributed by atoms with Gasteiger partial charge in [0.15, 0.2) is 0 Å². The van der Waals surface area contributed by atoms with E-state index in [2.05, 4.69) is 5.32 Å². The van der Waals surface area contributed by atoms with Gasteiger partial charge < -0.3 is 15.8 Å². The lowest BCUT2D eigenvalue weighted by Gasteiger charge is -2.16. The Morgan fingerprint density at radius 1 is 1.53 bits per heavy atom. The van der Waals surface area contributed by atoms with Crippen molar-refractivity contribution in [3.05, 3.63) is 23.8 Å². The Morgan fingerprint density at radius 3 is 2.88 bits per heavy atom. The molecule has 2 unspecified atom stereocenters. The zero-order chi connectivity index (χ0) is 12.4. The Balaban J connectivity index is 2.13. The van der Waals surface area contributed by atoms with Crippen LogP contribution in [0.5, 0.6) is 0 Å². The first-order chi connectivity index (χ1) is 8.09. The van der Waals surface area contributed by atoms with Crippen LogP contribution < -0.4 is 11.1 Å². The molecule has 1 aromatic rings. The third-order valence-corrected chi connectivity index (χ3v) is 3.27. The number of para-hydroxylation sites is 1. The van der Waals surface area contributed by atoms with Crippen molar-refractivity contribution in [1.82, 2.24) is 0 Å². The van der Waals surface area contributed by atoms with Crippen LogP contribution in [0.15, 0.2) is 18.2 Å². The van der Waals surface area contributed by atoms with E-state index in [0.29, 0.717) is 12.3 Å². The number of hydrogen-bond donors (Lipinski definition) is 2. The molecule has 0 saturated carbocycles. The standard InChI is InChI=1S/C13H18N2O2/c1-8-4-3-5-11(14)12(8)15-13(16)10-6-7-17-9(10)2/h3-5,9-10H,6-7,14H2,1-2H3,(H,15,16). The first-order valence-corrected chi connectivity index (χ1v) is 5.87. The lowest BCUT2D eigenvalue weighted by Crippen LogP contribution is -2.28. The predicted octanol–water partition coefficient (Wildman–Crippen LogP) is 1.94. The molecule has 3 N–H and O–H groups in total. The van der Waals surface area contributed by atoms with E-state index in [9.17, 15) is 4.79 Å². The van der Waals surface area contributed by atoms with Crippen LogP contribution in [0.4, 0.5) is 11.4 Å². The zero-order valence-electron chi connectivity index (χ0n) is 10.2. The largest absolute Gasteiger partial charge is 0.397 e. The summed E-state index contributed by atoms with van der Waals surface area (Å²) in [4.78, 5) is 12.1. The Hall–Kier alpha value is -1.55. The Bertz CT molecular complexity index is 411. The average Bonchev–Trinajstić information content (AvgIpc) is 2.70. The zero-order valence-corrected chi connectivity index (χ0v) is 10.2. The highest BCUT2D eigenvalue weighted by Gasteiger charge is 2.31. The summed E-state index contributed by atoms with van der Waals surface area (Å²) in [6.45, 7) is 4.52. The summed E-state index contributed by atoms with van der Waals surface area (Å²) >= 11 is 0. The van der Waals surface area contributed by atoms with Gasteiger partial charge in [0.2, 0.25) is 5.91 Å². The molecule has 92 valence electrons. The van der Waals surface area contributed by atoms with Crippen LogP contribution in [-0.2, 0) is 9.53 Å². The van der Waals surface area contributed by atoms with Gasteiger partial charge in [-0.05, 0) is 31.9 Å². The van der Waals surface area contributed by atoms with Crippen LogP contribution in [0.1, 0.15) is 18.9 Å². The molecule has 4 heteroatoms. The fraction of sp³-hybridized carbons (Fsp3) is 0.462. The van der Waals surface area contributed by atoms with Gasteiger partial charge in [0.25, 0.3) is 0 Å². The number of aryl methyl sites for hydroxylation is 1. The van der Waals surface area contributed by atoms with Crippen LogP contribution >= 0.6 is 0 Å². The van der Waals surface area contributed by atoms with Crippen molar-refractivity contribution >= 4 is 17.3 Å². The third-order valence-electron chi connectivity index (χ3n) is 3.27. The van der Waals surface area contributed by atoms with Crippen molar-refractivity contribution in [2.45, 2.75) is 26.4 Å². The number of carbonyl (C=O) groups is 1. The molecule has 0 aromatic heterocycles. The van der Waals surface area contributed by atoms with E-state index in [0.717, 1.165) is 17.7 Å². The highest BCUT2D eigenvalue weighted by atomic mass is 16.5. The minimum Gasteiger partial charge on any atom is -0.397 e. The van der Waals surface area contributed by atoms with E-state index >= 15 is 0 Å². The molecule has 1 aromatic carbocycles. The second-order valence-electron chi connectivity index (χ2n) is 4.50. The maximum absolute atomic E-state index is 12.1. The summed E-state index contributed by atoms with van der Waals surface area (Å²) < 4.78 is 5.39. The number of nitrogen functional groups attached to an aromatic ring is 1. The lowest BCUT2D eigenvalue weighted by molar-refractivity contribution is -0.121. The van der Waals surface area contributed by atoms with Gasteiger partial charge in [0.1, 0.15) is 0 Å². The molecule has 2 atom stereocenters. The van der Waals surface area contributed by atoms with Gasteiger partial charge in [-0.15, -0.1) is 0 Å². The maximum atomic E-state index is 12.1. The molecule has 1 fully saturated rings. The minimum absolute atomic E-state index is 0.00370. The second-order valence-corrected chi connectivity index (χ2v) is 4.50. The van der Waals surface area contributed by atoms with E-state index in [-0.39, 0.29) is 17.9 Å². The summed E-state index contributed by atoms with van der Waals surface area (Å²) in [6, 6.07) is 5.60. The summed E-state index contributed by atoms with van der Waals surface area (Å²) in [5.41, 5.74) is 8.15. The number of nitrogens with one attached hydrogen (secondary N) is 1. The molecule has 1 aliphatic rings. The molecule has 1 aliphatic heterocycles. The molecule has 4 nitrogen and oxygen atoms in total. The molecule has 0 radical (unpaired) electrons. The molecule has 1 amide bonds. The highest BCUT2D eigenvalue weighted by molar-refractivity contribution is 5.96. The van der Waals surface area contributed by atoms with E-state index in [1.54, 1.807) is 6.07 Å². The van der Waals surface area contributed by atoms with E-state index in [1.165, 1.54) is 0 Å². The van der Waals surface area contributed by atoms with Gasteiger partial charge in [0.05, 0.1) is 23.4 Å². The molecule has 0 spiro atoms. The van der Waals surface area contributed by atoms with Crippen LogP contribution in [0, 0.1) is 12.8 Å². The van der Waals surface area contributed by atoms with Crippen molar-refractivity contribution in [1.29, 1.82) is 0 Å². The number of anilines is 2. The smallest absolute Gasteiger partial charge is 0.230 e. The minimum atomic E-state index is -0.0750. The lowest BCUT2D eigenvalue weighted by atomic mass is 10.0. The molecule has 1 heterocycles. The molecular weight excluding hydrogens is 216 g/mol. The maximum Gasteiger partial charge on any atom is 0.230 e. The van der Waals surface area contributed by atoms with Crippen molar-refractivity contribution in [3.63, 3.8) is 0 Å². The normalized spacial score (nSPS) is 23.6. The summed E-state index contributed by atoms with van der Waals surface area (Å²) in [6.07, 6.45) is 0.763. The molecule has 1 saturated heterocycles. The van der Waals surface area contributed by atoms with E-state index in [1.807, 2.05) is 26.0 Å². The van der Waals surface area contributed by atoms with Gasteiger partial charge in [0, 0.05) is 6.61 Å². The monoisotopic (exact) mass is 234 g/mol. The van der Waals surface area contributed by atoms with Gasteiger partial charge in [-0.1, -0.05) is 12.1 Å². The Kier molecular flexibility index (Phi) is 3.33. The second kappa shape index (κ2) is 4.75. The van der Waals surface area contributed by atoms with Crippen LogP contribution in [-0.4, -0.2) is 18.6 Å². The van der Waals surface area contributed by atoms with Crippen molar-refractivity contribution < 1.29 is 9.53 Å². The predicted molar refractivity (Wildman–Crippen MR) is 67.7 cm³/mol. The summed E-state index contributed by atoms with van der Waals surface area (Å²) in [7, 11) is 0. The molecule has 0 aliphatic carbocycles. The van der Waals surface area contributed by atoms with E-state index in [4.69, 9.17) is 10.5 Å². The Morgan fingerprint density at radius 2 is 2.29 bits per heavy atom. The van der Waals surface area contributed by atoms with Gasteiger partial charge in [-0.2, -0.15) is 0 Å². The molecule has 17 heavy (non-hydrogen) atoms. The molecule has 0 bridgehead atoms. The fourth-order valence-electron chi connectivity index (χ4n) is 2.15. The average molecular weight is 234 g/mol. The highest BCUT2D eigenvalue weighted by Crippen LogP contribution is 2.26. The van der Waals surface area contributed by atoms with E-state index < -0.39 is 0 Å². The number of ether oxygens (including phenoxy) is 1. The van der Waals surface area contributed by atoms with Gasteiger partial charge in [-0.25, -0.2) is 0 Å². The van der Waals surface area contributed by atoms with Gasteiger partial charge >= 0.3 is 0 Å². The summed E-state index contributed by atoms with van der Waals surface area (Å²) in [5.74, 6) is -0.0787. The van der Waals surface area contributed by atoms with Crippen LogP contribution in [0.2, 0.25) is 0 Å². The summed E-state index contributed by atoms with van der Waals surface area (Å²) in [5, 5.41) is 2.91. The number of carbonyl (C=O) groups excluding carboxylic acids is 1.